The fourth-order valence-corrected chi connectivity index (χ4v) is 4.19. The monoisotopic (exact) mass is 466 g/mol. The topological polar surface area (TPSA) is 82.3 Å². The number of carbonyl (C=O) groups excluding carboxylic acids is 2. The average Bonchev–Trinajstić information content (AvgIpc) is 2.77. The van der Waals surface area contributed by atoms with Crippen molar-refractivity contribution >= 4 is 22.8 Å². The minimum atomic E-state index is -0.439. The van der Waals surface area contributed by atoms with E-state index in [0.29, 0.717) is 23.6 Å². The molecule has 174 valence electrons. The number of nitrogens with zero attached hydrogens (tertiary/aromatic N) is 1. The molecule has 1 heterocycles. The molecular weight excluding hydrogens is 436 g/mol. The Labute approximate surface area is 200 Å². The van der Waals surface area contributed by atoms with Gasteiger partial charge in [-0.3, -0.25) is 9.78 Å². The number of carbonyl (C=O) groups is 2. The number of hydrogen-bond donors (Lipinski definition) is 1. The maximum atomic E-state index is 13.3. The Morgan fingerprint density at radius 2 is 1.91 bits per heavy atom. The van der Waals surface area contributed by atoms with Crippen LogP contribution in [0.4, 0.5) is 0 Å². The highest BCUT2D eigenvalue weighted by atomic mass is 35.5. The van der Waals surface area contributed by atoms with Gasteiger partial charge in [0, 0.05) is 17.8 Å². The number of allylic oxidation sites excluding steroid dienone is 2. The predicted octanol–water partition coefficient (Wildman–Crippen LogP) is 5.45. The lowest BCUT2D eigenvalue weighted by atomic mass is 9.89. The maximum absolute atomic E-state index is 13.3. The highest BCUT2D eigenvalue weighted by Gasteiger charge is 2.25. The summed E-state index contributed by atoms with van der Waals surface area (Å²) in [4.78, 5) is 29.4. The summed E-state index contributed by atoms with van der Waals surface area (Å²) in [6, 6.07) is 8.06. The molecule has 1 aromatic heterocycles. The average molecular weight is 467 g/mol. The van der Waals surface area contributed by atoms with E-state index in [-0.39, 0.29) is 19.1 Å². The van der Waals surface area contributed by atoms with Gasteiger partial charge in [-0.15, -0.1) is 0 Å². The smallest absolute Gasteiger partial charge is 0.340 e. The minimum absolute atomic E-state index is 0.108. The summed E-state index contributed by atoms with van der Waals surface area (Å²) in [5.41, 5.74) is 12.8. The molecule has 33 heavy (non-hydrogen) atoms. The van der Waals surface area contributed by atoms with E-state index in [0.717, 1.165) is 39.9 Å². The van der Waals surface area contributed by atoms with E-state index in [9.17, 15) is 9.59 Å². The first-order valence-corrected chi connectivity index (χ1v) is 11.6. The van der Waals surface area contributed by atoms with Crippen molar-refractivity contribution in [2.45, 2.75) is 47.1 Å². The van der Waals surface area contributed by atoms with E-state index in [4.69, 9.17) is 27.1 Å². The van der Waals surface area contributed by atoms with Crippen LogP contribution in [-0.4, -0.2) is 22.8 Å². The predicted molar refractivity (Wildman–Crippen MR) is 132 cm³/mol. The van der Waals surface area contributed by atoms with E-state index >= 15 is 0 Å². The molecule has 0 radical (unpaired) electrons. The summed E-state index contributed by atoms with van der Waals surface area (Å²) in [6.07, 6.45) is 6.68. The van der Waals surface area contributed by atoms with Gasteiger partial charge in [0.2, 0.25) is 5.24 Å². The summed E-state index contributed by atoms with van der Waals surface area (Å²) < 4.78 is 5.69. The molecule has 2 N–H and O–H groups in total. The van der Waals surface area contributed by atoms with Gasteiger partial charge in [0.15, 0.2) is 0 Å². The number of aromatic nitrogens is 1. The van der Waals surface area contributed by atoms with E-state index in [1.54, 1.807) is 12.2 Å². The van der Waals surface area contributed by atoms with Crippen LogP contribution in [0.5, 0.6) is 0 Å². The molecule has 6 heteroatoms. The van der Waals surface area contributed by atoms with Crippen molar-refractivity contribution in [3.63, 3.8) is 0 Å². The van der Waals surface area contributed by atoms with Crippen LogP contribution in [0.3, 0.4) is 0 Å². The van der Waals surface area contributed by atoms with Gasteiger partial charge >= 0.3 is 5.97 Å². The van der Waals surface area contributed by atoms with Crippen LogP contribution in [0.15, 0.2) is 48.1 Å². The van der Waals surface area contributed by atoms with Crippen molar-refractivity contribution in [2.75, 3.05) is 6.61 Å². The largest absolute Gasteiger partial charge is 0.457 e. The Hall–Kier alpha value is -2.76. The number of benzene rings is 1. The third kappa shape index (κ3) is 5.98. The Bertz CT molecular complexity index is 1100. The SMILES string of the molecule is Cc1ccc(-c2c(CN)c(CC(C)C)nc(C)c2C(=O)OCC2=CCC(C(=O)Cl)C=C2)cc1. The zero-order valence-corrected chi connectivity index (χ0v) is 20.4. The van der Waals surface area contributed by atoms with Gasteiger partial charge < -0.3 is 10.5 Å². The third-order valence-corrected chi connectivity index (χ3v) is 6.03. The van der Waals surface area contributed by atoms with Crippen molar-refractivity contribution in [3.8, 4) is 11.1 Å². The summed E-state index contributed by atoms with van der Waals surface area (Å²) in [5, 5.41) is -0.390. The van der Waals surface area contributed by atoms with Crippen molar-refractivity contribution in [3.05, 3.63) is 76.1 Å². The summed E-state index contributed by atoms with van der Waals surface area (Å²) in [6.45, 7) is 8.53. The molecule has 1 aliphatic rings. The lowest BCUT2D eigenvalue weighted by Crippen LogP contribution is -2.18. The number of aryl methyl sites for hydroxylation is 2. The fourth-order valence-electron chi connectivity index (χ4n) is 4.03. The molecule has 5 nitrogen and oxygen atoms in total. The second-order valence-electron chi connectivity index (χ2n) is 8.90. The molecule has 0 amide bonds. The molecule has 0 saturated carbocycles. The van der Waals surface area contributed by atoms with Gasteiger partial charge in [0.1, 0.15) is 6.61 Å². The highest BCUT2D eigenvalue weighted by molar-refractivity contribution is 6.64. The van der Waals surface area contributed by atoms with Crippen molar-refractivity contribution < 1.29 is 14.3 Å². The van der Waals surface area contributed by atoms with Crippen LogP contribution < -0.4 is 5.73 Å². The lowest BCUT2D eigenvalue weighted by molar-refractivity contribution is -0.113. The first-order chi connectivity index (χ1) is 15.7. The number of rotatable bonds is 8. The fraction of sp³-hybridized carbons (Fsp3) is 0.370. The molecule has 1 atom stereocenters. The number of esters is 1. The minimum Gasteiger partial charge on any atom is -0.457 e. The Balaban J connectivity index is 1.98. The van der Waals surface area contributed by atoms with Gasteiger partial charge in [0.25, 0.3) is 0 Å². The van der Waals surface area contributed by atoms with E-state index < -0.39 is 11.2 Å². The van der Waals surface area contributed by atoms with Crippen molar-refractivity contribution in [2.24, 2.45) is 17.6 Å². The molecule has 2 aromatic rings. The first kappa shape index (κ1) is 24.9. The summed E-state index contributed by atoms with van der Waals surface area (Å²) >= 11 is 5.57. The van der Waals surface area contributed by atoms with E-state index in [1.807, 2.05) is 44.2 Å². The Morgan fingerprint density at radius 1 is 1.21 bits per heavy atom. The number of ether oxygens (including phenoxy) is 1. The van der Waals surface area contributed by atoms with Crippen LogP contribution >= 0.6 is 11.6 Å². The molecule has 1 unspecified atom stereocenters. The summed E-state index contributed by atoms with van der Waals surface area (Å²) in [5.74, 6) is -0.364. The van der Waals surface area contributed by atoms with Gasteiger partial charge in [-0.2, -0.15) is 0 Å². The molecule has 0 aliphatic heterocycles. The zero-order chi connectivity index (χ0) is 24.1. The number of nitrogens with two attached hydrogens (primary N) is 1. The second kappa shape index (κ2) is 10.9. The quantitative estimate of drug-likeness (QED) is 0.413. The van der Waals surface area contributed by atoms with E-state index in [2.05, 4.69) is 13.8 Å². The molecule has 1 aromatic carbocycles. The Morgan fingerprint density at radius 3 is 2.45 bits per heavy atom. The molecule has 1 aliphatic carbocycles. The molecule has 0 saturated heterocycles. The van der Waals surface area contributed by atoms with Crippen molar-refractivity contribution in [1.82, 2.24) is 4.98 Å². The third-order valence-electron chi connectivity index (χ3n) is 5.75. The van der Waals surface area contributed by atoms with Crippen LogP contribution in [-0.2, 0) is 22.5 Å². The molecule has 0 bridgehead atoms. The highest BCUT2D eigenvalue weighted by Crippen LogP contribution is 2.33. The lowest BCUT2D eigenvalue weighted by Gasteiger charge is -2.20. The first-order valence-electron chi connectivity index (χ1n) is 11.2. The second-order valence-corrected chi connectivity index (χ2v) is 9.27. The molecular formula is C27H31ClN2O3. The number of pyridine rings is 1. The normalized spacial score (nSPS) is 15.5. The maximum Gasteiger partial charge on any atom is 0.340 e. The molecule has 3 rings (SSSR count). The van der Waals surface area contributed by atoms with Crippen LogP contribution in [0.2, 0.25) is 0 Å². The van der Waals surface area contributed by atoms with Gasteiger partial charge in [0.05, 0.1) is 17.2 Å². The Kier molecular flexibility index (Phi) is 8.22. The van der Waals surface area contributed by atoms with Gasteiger partial charge in [-0.05, 0) is 60.9 Å². The standard InChI is InChI=1S/C27H31ClN2O3/c1-16(2)13-23-22(14-29)25(20-9-5-17(3)6-10-20)24(18(4)30-23)27(32)33-15-19-7-11-21(12-8-19)26(28)31/h5-11,16,21H,12-15,29H2,1-4H3. The van der Waals surface area contributed by atoms with Gasteiger partial charge in [-0.25, -0.2) is 4.79 Å². The van der Waals surface area contributed by atoms with Crippen molar-refractivity contribution in [1.29, 1.82) is 0 Å². The van der Waals surface area contributed by atoms with Gasteiger partial charge in [-0.1, -0.05) is 61.9 Å². The number of halogens is 1. The zero-order valence-electron chi connectivity index (χ0n) is 19.7. The molecule has 0 fully saturated rings. The molecule has 0 spiro atoms. The van der Waals surface area contributed by atoms with Crippen LogP contribution in [0.1, 0.15) is 53.1 Å². The van der Waals surface area contributed by atoms with Crippen LogP contribution in [0, 0.1) is 25.7 Å². The summed E-state index contributed by atoms with van der Waals surface area (Å²) in [7, 11) is 0. The number of hydrogen-bond acceptors (Lipinski definition) is 5. The van der Waals surface area contributed by atoms with Crippen LogP contribution in [0.25, 0.3) is 11.1 Å². The van der Waals surface area contributed by atoms with E-state index in [1.165, 1.54) is 0 Å².